The van der Waals surface area contributed by atoms with Crippen LogP contribution in [0.1, 0.15) is 47.2 Å². The lowest BCUT2D eigenvalue weighted by atomic mass is 9.92. The summed E-state index contributed by atoms with van der Waals surface area (Å²) >= 11 is 0.983. The zero-order chi connectivity index (χ0) is 14.8. The molecule has 1 amide bonds. The summed E-state index contributed by atoms with van der Waals surface area (Å²) in [6, 6.07) is 1.70. The third kappa shape index (κ3) is 4.38. The van der Waals surface area contributed by atoms with Crippen molar-refractivity contribution in [1.29, 1.82) is 0 Å². The lowest BCUT2D eigenvalue weighted by Crippen LogP contribution is -2.34. The summed E-state index contributed by atoms with van der Waals surface area (Å²) in [5.74, 6) is 0.0106. The number of rotatable bonds is 3. The molecule has 0 unspecified atom stereocenters. The number of anilines is 1. The quantitative estimate of drug-likeness (QED) is 0.923. The van der Waals surface area contributed by atoms with E-state index in [1.54, 1.807) is 19.9 Å². The summed E-state index contributed by atoms with van der Waals surface area (Å²) in [7, 11) is 0. The first kappa shape index (κ1) is 15.8. The Bertz CT molecular complexity index is 486. The molecular formula is C13H20N2O3S. The average Bonchev–Trinajstić information content (AvgIpc) is 2.63. The van der Waals surface area contributed by atoms with Crippen LogP contribution in [-0.2, 0) is 15.0 Å². The van der Waals surface area contributed by atoms with E-state index in [-0.39, 0.29) is 16.4 Å². The molecular weight excluding hydrogens is 264 g/mol. The van der Waals surface area contributed by atoms with Crippen molar-refractivity contribution in [2.45, 2.75) is 51.7 Å². The minimum atomic E-state index is -0.847. The van der Waals surface area contributed by atoms with Crippen LogP contribution in [0, 0.1) is 0 Å². The number of hydrogen-bond acceptors (Lipinski definition) is 5. The standard InChI is InChI=1S/C13H20N2O3S/c1-8(16)19-13(5,6)11(17)14-10-7-9(15-18-10)12(2,3)4/h7H,1-6H3,(H,14,17). The van der Waals surface area contributed by atoms with Gasteiger partial charge in [0.05, 0.1) is 10.4 Å². The van der Waals surface area contributed by atoms with Crippen molar-refractivity contribution in [3.05, 3.63) is 11.8 Å². The van der Waals surface area contributed by atoms with Gasteiger partial charge in [0.1, 0.15) is 0 Å². The van der Waals surface area contributed by atoms with Gasteiger partial charge in [-0.25, -0.2) is 0 Å². The highest BCUT2D eigenvalue weighted by Crippen LogP contribution is 2.28. The molecule has 0 aliphatic rings. The molecule has 0 aromatic carbocycles. The Hall–Kier alpha value is -1.30. The molecule has 19 heavy (non-hydrogen) atoms. The van der Waals surface area contributed by atoms with Crippen molar-refractivity contribution in [3.63, 3.8) is 0 Å². The molecule has 1 aromatic rings. The number of carbonyl (C=O) groups is 2. The largest absolute Gasteiger partial charge is 0.338 e. The minimum Gasteiger partial charge on any atom is -0.338 e. The van der Waals surface area contributed by atoms with Gasteiger partial charge >= 0.3 is 0 Å². The highest BCUT2D eigenvalue weighted by molar-refractivity contribution is 8.15. The predicted molar refractivity (Wildman–Crippen MR) is 76.2 cm³/mol. The maximum atomic E-state index is 12.1. The molecule has 0 radical (unpaired) electrons. The van der Waals surface area contributed by atoms with E-state index in [1.807, 2.05) is 20.8 Å². The maximum absolute atomic E-state index is 12.1. The van der Waals surface area contributed by atoms with Crippen LogP contribution < -0.4 is 5.32 Å². The topological polar surface area (TPSA) is 72.2 Å². The second-order valence-electron chi connectivity index (χ2n) is 5.88. The normalized spacial score (nSPS) is 12.3. The molecule has 5 nitrogen and oxygen atoms in total. The third-order valence-electron chi connectivity index (χ3n) is 2.46. The van der Waals surface area contributed by atoms with Gasteiger partial charge in [0.15, 0.2) is 5.12 Å². The molecule has 0 atom stereocenters. The Morgan fingerprint density at radius 1 is 1.26 bits per heavy atom. The number of thioether (sulfide) groups is 1. The number of amides is 1. The van der Waals surface area contributed by atoms with E-state index in [0.717, 1.165) is 17.5 Å². The molecule has 0 spiro atoms. The van der Waals surface area contributed by atoms with Gasteiger partial charge in [-0.1, -0.05) is 37.7 Å². The first-order valence-corrected chi connectivity index (χ1v) is 6.82. The van der Waals surface area contributed by atoms with Crippen molar-refractivity contribution < 1.29 is 14.1 Å². The number of nitrogens with zero attached hydrogens (tertiary/aromatic N) is 1. The minimum absolute atomic E-state index is 0.104. The third-order valence-corrected chi connectivity index (χ3v) is 3.44. The summed E-state index contributed by atoms with van der Waals surface area (Å²) in [6.07, 6.45) is 0. The van der Waals surface area contributed by atoms with Crippen LogP contribution >= 0.6 is 11.8 Å². The molecule has 0 fully saturated rings. The molecule has 1 heterocycles. The number of aromatic nitrogens is 1. The average molecular weight is 284 g/mol. The second kappa shape index (κ2) is 5.36. The molecule has 0 saturated heterocycles. The lowest BCUT2D eigenvalue weighted by Gasteiger charge is -2.20. The van der Waals surface area contributed by atoms with Crippen LogP contribution in [0.25, 0.3) is 0 Å². The molecule has 0 aliphatic heterocycles. The predicted octanol–water partition coefficient (Wildman–Crippen LogP) is 2.97. The van der Waals surface area contributed by atoms with Crippen LogP contribution in [-0.4, -0.2) is 20.9 Å². The summed E-state index contributed by atoms with van der Waals surface area (Å²) < 4.78 is 4.24. The van der Waals surface area contributed by atoms with Gasteiger partial charge in [0, 0.05) is 18.4 Å². The molecule has 1 rings (SSSR count). The molecule has 0 saturated carbocycles. The van der Waals surface area contributed by atoms with E-state index in [4.69, 9.17) is 4.52 Å². The van der Waals surface area contributed by atoms with Crippen LogP contribution in [0.4, 0.5) is 5.88 Å². The van der Waals surface area contributed by atoms with Crippen molar-refractivity contribution in [2.24, 2.45) is 0 Å². The zero-order valence-electron chi connectivity index (χ0n) is 12.2. The van der Waals surface area contributed by atoms with Crippen molar-refractivity contribution in [1.82, 2.24) is 5.16 Å². The van der Waals surface area contributed by atoms with Gasteiger partial charge in [-0.3, -0.25) is 14.9 Å². The Balaban J connectivity index is 2.77. The van der Waals surface area contributed by atoms with Crippen LogP contribution in [0.2, 0.25) is 0 Å². The Morgan fingerprint density at radius 3 is 2.26 bits per heavy atom. The highest BCUT2D eigenvalue weighted by atomic mass is 32.2. The molecule has 106 valence electrons. The Labute approximate surface area is 117 Å². The van der Waals surface area contributed by atoms with Crippen LogP contribution in [0.15, 0.2) is 10.6 Å². The SMILES string of the molecule is CC(=O)SC(C)(C)C(=O)Nc1cc(C(C)(C)C)no1. The van der Waals surface area contributed by atoms with Crippen molar-refractivity contribution >= 4 is 28.7 Å². The maximum Gasteiger partial charge on any atom is 0.242 e. The van der Waals surface area contributed by atoms with E-state index < -0.39 is 4.75 Å². The number of hydrogen-bond donors (Lipinski definition) is 1. The molecule has 1 aromatic heterocycles. The van der Waals surface area contributed by atoms with Gasteiger partial charge in [-0.2, -0.15) is 0 Å². The first-order chi connectivity index (χ1) is 8.52. The number of carbonyl (C=O) groups excluding carboxylic acids is 2. The fourth-order valence-corrected chi connectivity index (χ4v) is 2.22. The fourth-order valence-electron chi connectivity index (χ4n) is 1.36. The summed E-state index contributed by atoms with van der Waals surface area (Å²) in [6.45, 7) is 10.8. The molecule has 0 bridgehead atoms. The number of nitrogens with one attached hydrogen (secondary N) is 1. The Kier molecular flexibility index (Phi) is 4.45. The second-order valence-corrected chi connectivity index (χ2v) is 7.68. The fraction of sp³-hybridized carbons (Fsp3) is 0.615. The van der Waals surface area contributed by atoms with Crippen LogP contribution in [0.3, 0.4) is 0 Å². The molecule has 1 N–H and O–H groups in total. The zero-order valence-corrected chi connectivity index (χ0v) is 13.0. The van der Waals surface area contributed by atoms with E-state index in [0.29, 0.717) is 5.88 Å². The first-order valence-electron chi connectivity index (χ1n) is 6.00. The van der Waals surface area contributed by atoms with Gasteiger partial charge < -0.3 is 4.52 Å². The Morgan fingerprint density at radius 2 is 1.84 bits per heavy atom. The summed E-state index contributed by atoms with van der Waals surface area (Å²) in [4.78, 5) is 23.2. The summed E-state index contributed by atoms with van der Waals surface area (Å²) in [5.41, 5.74) is 0.621. The highest BCUT2D eigenvalue weighted by Gasteiger charge is 2.31. The smallest absolute Gasteiger partial charge is 0.242 e. The molecule has 0 aliphatic carbocycles. The van der Waals surface area contributed by atoms with Crippen molar-refractivity contribution in [3.8, 4) is 0 Å². The van der Waals surface area contributed by atoms with Gasteiger partial charge in [-0.15, -0.1) is 0 Å². The van der Waals surface area contributed by atoms with E-state index >= 15 is 0 Å². The lowest BCUT2D eigenvalue weighted by molar-refractivity contribution is -0.118. The molecule has 6 heteroatoms. The van der Waals surface area contributed by atoms with Crippen molar-refractivity contribution in [2.75, 3.05) is 5.32 Å². The van der Waals surface area contributed by atoms with Crippen LogP contribution in [0.5, 0.6) is 0 Å². The van der Waals surface area contributed by atoms with E-state index in [9.17, 15) is 9.59 Å². The van der Waals surface area contributed by atoms with E-state index in [1.165, 1.54) is 6.92 Å². The van der Waals surface area contributed by atoms with Gasteiger partial charge in [-0.05, 0) is 13.8 Å². The van der Waals surface area contributed by atoms with Gasteiger partial charge in [0.25, 0.3) is 0 Å². The van der Waals surface area contributed by atoms with E-state index in [2.05, 4.69) is 10.5 Å². The monoisotopic (exact) mass is 284 g/mol. The summed E-state index contributed by atoms with van der Waals surface area (Å²) in [5, 5.41) is 6.46. The van der Waals surface area contributed by atoms with Gasteiger partial charge in [0.2, 0.25) is 11.8 Å².